The molecule has 20 nitrogen and oxygen atoms in total. The van der Waals surface area contributed by atoms with Crippen molar-refractivity contribution in [2.45, 2.75) is 95.5 Å². The number of nitrogens with one attached hydrogen (secondary N) is 6. The number of nitrogens with two attached hydrogens (primary N) is 1. The van der Waals surface area contributed by atoms with Crippen molar-refractivity contribution in [3.63, 3.8) is 0 Å². The lowest BCUT2D eigenvalue weighted by Crippen LogP contribution is -2.59. The van der Waals surface area contributed by atoms with Gasteiger partial charge in [0.25, 0.3) is 0 Å². The molecule has 0 bridgehead atoms. The molecule has 0 aliphatic carbocycles. The lowest BCUT2D eigenvalue weighted by atomic mass is 10.0. The average Bonchev–Trinajstić information content (AvgIpc) is 3.16. The summed E-state index contributed by atoms with van der Waals surface area (Å²) in [5, 5.41) is 51.5. The first-order valence-electron chi connectivity index (χ1n) is 18.3. The molecular formula is C38H51N7O13. The molecule has 6 amide bonds. The second-order valence-corrected chi connectivity index (χ2v) is 13.8. The second kappa shape index (κ2) is 23.5. The van der Waals surface area contributed by atoms with Crippen molar-refractivity contribution in [1.82, 2.24) is 31.9 Å². The number of carbonyl (C=O) groups excluding carboxylic acids is 6. The summed E-state index contributed by atoms with van der Waals surface area (Å²) in [5.74, 6) is -9.58. The number of aromatic hydroxyl groups is 1. The molecule has 0 fully saturated rings. The Morgan fingerprint density at radius 3 is 1.67 bits per heavy atom. The molecule has 316 valence electrons. The van der Waals surface area contributed by atoms with Crippen LogP contribution in [0.3, 0.4) is 0 Å². The van der Waals surface area contributed by atoms with Gasteiger partial charge in [0.1, 0.15) is 36.0 Å². The van der Waals surface area contributed by atoms with E-state index in [-0.39, 0.29) is 31.4 Å². The number of carboxylic acid groups (broad SMARTS) is 3. The van der Waals surface area contributed by atoms with Gasteiger partial charge < -0.3 is 58.1 Å². The predicted molar refractivity (Wildman–Crippen MR) is 204 cm³/mol. The molecule has 6 atom stereocenters. The lowest BCUT2D eigenvalue weighted by Gasteiger charge is -2.27. The van der Waals surface area contributed by atoms with Crippen LogP contribution in [0, 0.1) is 5.92 Å². The number of phenolic OH excluding ortho intramolecular Hbond substituents is 1. The van der Waals surface area contributed by atoms with E-state index in [2.05, 4.69) is 31.9 Å². The van der Waals surface area contributed by atoms with Gasteiger partial charge in [-0.2, -0.15) is 0 Å². The van der Waals surface area contributed by atoms with E-state index in [0.29, 0.717) is 11.1 Å². The summed E-state index contributed by atoms with van der Waals surface area (Å²) in [6.07, 6.45) is -1.67. The average molecular weight is 814 g/mol. The fourth-order valence-electron chi connectivity index (χ4n) is 5.34. The molecule has 0 saturated carbocycles. The molecule has 0 unspecified atom stereocenters. The predicted octanol–water partition coefficient (Wildman–Crippen LogP) is -1.46. The van der Waals surface area contributed by atoms with E-state index >= 15 is 0 Å². The maximum Gasteiger partial charge on any atom is 0.326 e. The van der Waals surface area contributed by atoms with Crippen LogP contribution < -0.4 is 37.6 Å². The van der Waals surface area contributed by atoms with Crippen molar-refractivity contribution in [3.05, 3.63) is 65.7 Å². The van der Waals surface area contributed by atoms with Crippen LogP contribution in [0.2, 0.25) is 0 Å². The van der Waals surface area contributed by atoms with Gasteiger partial charge in [-0.1, -0.05) is 56.3 Å². The topological polar surface area (TPSA) is 333 Å². The highest BCUT2D eigenvalue weighted by Crippen LogP contribution is 2.13. The summed E-state index contributed by atoms with van der Waals surface area (Å²) >= 11 is 0. The third-order valence-electron chi connectivity index (χ3n) is 8.63. The van der Waals surface area contributed by atoms with E-state index in [1.54, 1.807) is 44.2 Å². The van der Waals surface area contributed by atoms with Crippen LogP contribution in [0.1, 0.15) is 57.6 Å². The van der Waals surface area contributed by atoms with Crippen LogP contribution in [0.15, 0.2) is 54.6 Å². The fourth-order valence-corrected chi connectivity index (χ4v) is 5.34. The number of rotatable bonds is 24. The van der Waals surface area contributed by atoms with Crippen LogP contribution in [0.25, 0.3) is 0 Å². The zero-order valence-electron chi connectivity index (χ0n) is 32.2. The first-order chi connectivity index (χ1) is 27.3. The van der Waals surface area contributed by atoms with Gasteiger partial charge in [0.05, 0.1) is 12.6 Å². The van der Waals surface area contributed by atoms with Gasteiger partial charge in [0, 0.05) is 25.7 Å². The molecule has 0 spiro atoms. The monoisotopic (exact) mass is 813 g/mol. The summed E-state index contributed by atoms with van der Waals surface area (Å²) in [4.78, 5) is 113. The highest BCUT2D eigenvalue weighted by atomic mass is 16.4. The molecule has 0 aliphatic rings. The zero-order chi connectivity index (χ0) is 43.5. The lowest BCUT2D eigenvalue weighted by molar-refractivity contribution is -0.143. The van der Waals surface area contributed by atoms with Gasteiger partial charge in [-0.05, 0) is 48.9 Å². The summed E-state index contributed by atoms with van der Waals surface area (Å²) in [6, 6.07) is 6.32. The van der Waals surface area contributed by atoms with Gasteiger partial charge >= 0.3 is 17.9 Å². The highest BCUT2D eigenvalue weighted by Gasteiger charge is 2.32. The Morgan fingerprint density at radius 1 is 0.586 bits per heavy atom. The molecule has 20 heteroatoms. The Hall–Kier alpha value is -6.57. The summed E-state index contributed by atoms with van der Waals surface area (Å²) < 4.78 is 0. The number of amides is 6. The van der Waals surface area contributed by atoms with Crippen LogP contribution in [0.4, 0.5) is 0 Å². The van der Waals surface area contributed by atoms with Crippen molar-refractivity contribution in [2.24, 2.45) is 11.7 Å². The molecule has 12 N–H and O–H groups in total. The Labute approximate surface area is 333 Å². The minimum Gasteiger partial charge on any atom is -0.508 e. The Morgan fingerprint density at radius 2 is 1.12 bits per heavy atom. The van der Waals surface area contributed by atoms with Crippen molar-refractivity contribution in [3.8, 4) is 5.75 Å². The third kappa shape index (κ3) is 17.1. The number of aliphatic carboxylic acids is 3. The highest BCUT2D eigenvalue weighted by molar-refractivity contribution is 5.96. The minimum absolute atomic E-state index is 0.0125. The van der Waals surface area contributed by atoms with Crippen molar-refractivity contribution < 1.29 is 63.6 Å². The van der Waals surface area contributed by atoms with Crippen molar-refractivity contribution in [1.29, 1.82) is 0 Å². The Balaban J connectivity index is 2.20. The maximum atomic E-state index is 13.7. The van der Waals surface area contributed by atoms with Crippen LogP contribution in [-0.4, -0.2) is 117 Å². The number of carboxylic acids is 3. The number of benzene rings is 2. The summed E-state index contributed by atoms with van der Waals surface area (Å²) in [5.41, 5.74) is 6.97. The maximum absolute atomic E-state index is 13.7. The summed E-state index contributed by atoms with van der Waals surface area (Å²) in [6.45, 7) is 3.77. The van der Waals surface area contributed by atoms with Gasteiger partial charge in [-0.25, -0.2) is 4.79 Å². The minimum atomic E-state index is -1.54. The number of hydrogen-bond acceptors (Lipinski definition) is 11. The Kier molecular flexibility index (Phi) is 19.3. The first-order valence-corrected chi connectivity index (χ1v) is 18.3. The molecule has 2 rings (SSSR count). The molecule has 0 saturated heterocycles. The van der Waals surface area contributed by atoms with Crippen molar-refractivity contribution in [2.75, 3.05) is 6.54 Å². The molecular weight excluding hydrogens is 762 g/mol. The summed E-state index contributed by atoms with van der Waals surface area (Å²) in [7, 11) is 0. The third-order valence-corrected chi connectivity index (χ3v) is 8.63. The molecule has 0 aromatic heterocycles. The SMILES string of the molecule is CC(C)[C@H](NC(=O)[C@H](Cc1ccc(O)cc1)NC(=O)CNC(=O)[C@H](Cc1ccccc1)NC(=O)[C@@H](N)CCC(=O)O)C(=O)N[C@@H](C)C(=O)N[C@@H](CCC(=O)O)C(=O)O. The van der Waals surface area contributed by atoms with Gasteiger partial charge in [0.2, 0.25) is 35.4 Å². The molecule has 0 radical (unpaired) electrons. The first kappa shape index (κ1) is 47.6. The quantitative estimate of drug-likeness (QED) is 0.0577. The number of phenols is 1. The Bertz CT molecular complexity index is 1770. The number of hydrogen-bond donors (Lipinski definition) is 11. The van der Waals surface area contributed by atoms with E-state index in [1.165, 1.54) is 31.2 Å². The van der Waals surface area contributed by atoms with E-state index < -0.39 is 115 Å². The van der Waals surface area contributed by atoms with Gasteiger partial charge in [0.15, 0.2) is 0 Å². The van der Waals surface area contributed by atoms with E-state index in [9.17, 15) is 53.4 Å². The molecule has 0 heterocycles. The second-order valence-electron chi connectivity index (χ2n) is 13.8. The molecule has 2 aromatic carbocycles. The number of carbonyl (C=O) groups is 9. The molecule has 58 heavy (non-hydrogen) atoms. The largest absolute Gasteiger partial charge is 0.508 e. The normalized spacial score (nSPS) is 13.9. The van der Waals surface area contributed by atoms with Crippen LogP contribution in [-0.2, 0) is 56.0 Å². The van der Waals surface area contributed by atoms with E-state index in [0.717, 1.165) is 0 Å². The molecule has 2 aromatic rings. The van der Waals surface area contributed by atoms with Crippen molar-refractivity contribution >= 4 is 53.4 Å². The van der Waals surface area contributed by atoms with Crippen LogP contribution >= 0.6 is 0 Å². The van der Waals surface area contributed by atoms with E-state index in [4.69, 9.17) is 15.9 Å². The van der Waals surface area contributed by atoms with Gasteiger partial charge in [-0.3, -0.25) is 38.4 Å². The van der Waals surface area contributed by atoms with Gasteiger partial charge in [-0.15, -0.1) is 0 Å². The standard InChI is InChI=1S/C38H51N7O13/c1-20(2)32(37(56)41-21(3)33(52)43-26(38(57)58)14-16-31(50)51)45-36(55)28(18-23-9-11-24(46)12-10-23)42-29(47)19-40-35(54)27(17-22-7-5-4-6-8-22)44-34(53)25(39)13-15-30(48)49/h4-12,20-21,25-28,32,46H,13-19,39H2,1-3H3,(H,40,54)(H,41,56)(H,42,47)(H,43,52)(H,44,53)(H,45,55)(H,48,49)(H,50,51)(H,57,58)/t21-,25-,26-,27-,28-,32-/m0/s1. The van der Waals surface area contributed by atoms with E-state index in [1.807, 2.05) is 0 Å². The van der Waals surface area contributed by atoms with Crippen LogP contribution in [0.5, 0.6) is 5.75 Å². The fraction of sp³-hybridized carbons (Fsp3) is 0.447. The molecule has 0 aliphatic heterocycles. The zero-order valence-corrected chi connectivity index (χ0v) is 32.2. The smallest absolute Gasteiger partial charge is 0.326 e.